The highest BCUT2D eigenvalue weighted by atomic mass is 15.1. The van der Waals surface area contributed by atoms with Crippen LogP contribution in [-0.2, 0) is 13.1 Å². The minimum absolute atomic E-state index is 0.546. The second-order valence-electron chi connectivity index (χ2n) is 4.81. The largest absolute Gasteiger partial charge is 0.366 e. The molecule has 4 heteroatoms. The number of fused-ring (bicyclic) bond motifs is 1. The Morgan fingerprint density at radius 2 is 2.38 bits per heavy atom. The number of anilines is 1. The van der Waals surface area contributed by atoms with Gasteiger partial charge in [-0.25, -0.2) is 4.98 Å². The van der Waals surface area contributed by atoms with Crippen LogP contribution in [0.25, 0.3) is 0 Å². The predicted octanol–water partition coefficient (Wildman–Crippen LogP) is 0.801. The van der Waals surface area contributed by atoms with Gasteiger partial charge in [0.05, 0.1) is 5.69 Å². The normalized spacial score (nSPS) is 24.7. The third-order valence-electron chi connectivity index (χ3n) is 3.34. The van der Waals surface area contributed by atoms with Gasteiger partial charge in [0.25, 0.3) is 0 Å². The summed E-state index contributed by atoms with van der Waals surface area (Å²) in [7, 11) is 2.13. The van der Waals surface area contributed by atoms with Crippen LogP contribution in [0.1, 0.15) is 17.7 Å². The van der Waals surface area contributed by atoms with Crippen LogP contribution in [0.4, 0.5) is 5.82 Å². The van der Waals surface area contributed by atoms with Gasteiger partial charge in [0.15, 0.2) is 0 Å². The lowest BCUT2D eigenvalue weighted by molar-refractivity contribution is 0.351. The first-order chi connectivity index (χ1) is 7.81. The van der Waals surface area contributed by atoms with Crippen LogP contribution in [0.5, 0.6) is 0 Å². The summed E-state index contributed by atoms with van der Waals surface area (Å²) in [6, 6.07) is 4.86. The molecule has 1 atom stereocenters. The first kappa shape index (κ1) is 10.1. The summed E-state index contributed by atoms with van der Waals surface area (Å²) in [6.45, 7) is 4.19. The Hall–Kier alpha value is -1.13. The first-order valence-electron chi connectivity index (χ1n) is 5.96. The van der Waals surface area contributed by atoms with E-state index >= 15 is 0 Å². The van der Waals surface area contributed by atoms with Gasteiger partial charge in [-0.2, -0.15) is 0 Å². The quantitative estimate of drug-likeness (QED) is 0.770. The average molecular weight is 218 g/mol. The number of nitrogens with one attached hydrogen (secondary N) is 2. The highest BCUT2D eigenvalue weighted by Crippen LogP contribution is 2.21. The third kappa shape index (κ3) is 1.90. The summed E-state index contributed by atoms with van der Waals surface area (Å²) in [5, 5.41) is 6.85. The first-order valence-corrected chi connectivity index (χ1v) is 5.96. The van der Waals surface area contributed by atoms with Crippen LogP contribution >= 0.6 is 0 Å². The summed E-state index contributed by atoms with van der Waals surface area (Å²) in [5.74, 6) is 1.03. The Morgan fingerprint density at radius 1 is 1.44 bits per heavy atom. The van der Waals surface area contributed by atoms with Crippen LogP contribution < -0.4 is 10.6 Å². The maximum atomic E-state index is 4.69. The molecule has 2 aliphatic rings. The number of aromatic nitrogens is 1. The summed E-state index contributed by atoms with van der Waals surface area (Å²) >= 11 is 0. The third-order valence-corrected chi connectivity index (χ3v) is 3.34. The van der Waals surface area contributed by atoms with E-state index in [1.165, 1.54) is 17.7 Å². The zero-order chi connectivity index (χ0) is 11.0. The molecule has 86 valence electrons. The van der Waals surface area contributed by atoms with E-state index in [1.807, 2.05) is 0 Å². The van der Waals surface area contributed by atoms with E-state index in [-0.39, 0.29) is 0 Å². The molecular formula is C12H18N4. The molecule has 0 amide bonds. The number of nitrogens with zero attached hydrogens (tertiary/aromatic N) is 2. The molecule has 4 nitrogen and oxygen atoms in total. The molecule has 1 aromatic rings. The Bertz CT molecular complexity index is 385. The van der Waals surface area contributed by atoms with Crippen molar-refractivity contribution in [2.75, 3.05) is 25.5 Å². The molecule has 0 spiro atoms. The monoisotopic (exact) mass is 218 g/mol. The second kappa shape index (κ2) is 4.03. The van der Waals surface area contributed by atoms with Crippen LogP contribution in [0.3, 0.4) is 0 Å². The van der Waals surface area contributed by atoms with E-state index in [0.717, 1.165) is 32.0 Å². The predicted molar refractivity (Wildman–Crippen MR) is 64.3 cm³/mol. The van der Waals surface area contributed by atoms with E-state index in [4.69, 9.17) is 0 Å². The summed E-state index contributed by atoms with van der Waals surface area (Å²) in [5.41, 5.74) is 2.61. The Kier molecular flexibility index (Phi) is 2.53. The van der Waals surface area contributed by atoms with Crippen molar-refractivity contribution in [2.45, 2.75) is 25.6 Å². The molecule has 1 aromatic heterocycles. The summed E-state index contributed by atoms with van der Waals surface area (Å²) in [6.07, 6.45) is 1.19. The van der Waals surface area contributed by atoms with Gasteiger partial charge >= 0.3 is 0 Å². The van der Waals surface area contributed by atoms with Gasteiger partial charge in [0, 0.05) is 25.7 Å². The number of rotatable bonds is 2. The van der Waals surface area contributed by atoms with Crippen molar-refractivity contribution < 1.29 is 0 Å². The Balaban J connectivity index is 1.74. The lowest BCUT2D eigenvalue weighted by atomic mass is 10.2. The molecule has 1 fully saturated rings. The lowest BCUT2D eigenvalue weighted by Gasteiger charge is -2.12. The van der Waals surface area contributed by atoms with Crippen LogP contribution in [0.2, 0.25) is 0 Å². The van der Waals surface area contributed by atoms with Crippen molar-refractivity contribution >= 4 is 5.82 Å². The standard InChI is InChI=1S/C12H18N4/c1-16-7-9-2-3-12(15-11(9)8-16)14-10-4-5-13-6-10/h2-3,10,13H,4-8H2,1H3,(H,14,15). The fourth-order valence-corrected chi connectivity index (χ4v) is 2.48. The molecule has 0 aromatic carbocycles. The Morgan fingerprint density at radius 3 is 3.19 bits per heavy atom. The highest BCUT2D eigenvalue weighted by molar-refractivity contribution is 5.41. The van der Waals surface area contributed by atoms with Gasteiger partial charge in [-0.1, -0.05) is 6.07 Å². The molecule has 0 aliphatic carbocycles. The molecule has 0 bridgehead atoms. The van der Waals surface area contributed by atoms with Gasteiger partial charge < -0.3 is 10.6 Å². The molecule has 16 heavy (non-hydrogen) atoms. The van der Waals surface area contributed by atoms with Gasteiger partial charge in [-0.05, 0) is 31.6 Å². The summed E-state index contributed by atoms with van der Waals surface area (Å²) in [4.78, 5) is 6.98. The molecule has 1 unspecified atom stereocenters. The van der Waals surface area contributed by atoms with Crippen molar-refractivity contribution in [3.8, 4) is 0 Å². The van der Waals surface area contributed by atoms with Crippen molar-refractivity contribution in [3.05, 3.63) is 23.4 Å². The topological polar surface area (TPSA) is 40.2 Å². The molecule has 3 rings (SSSR count). The van der Waals surface area contributed by atoms with Gasteiger partial charge in [0.1, 0.15) is 5.82 Å². The van der Waals surface area contributed by atoms with Crippen molar-refractivity contribution in [1.29, 1.82) is 0 Å². The van der Waals surface area contributed by atoms with Crippen molar-refractivity contribution in [1.82, 2.24) is 15.2 Å². The molecule has 1 saturated heterocycles. The molecule has 3 heterocycles. The maximum absolute atomic E-state index is 4.69. The van der Waals surface area contributed by atoms with E-state index in [0.29, 0.717) is 6.04 Å². The van der Waals surface area contributed by atoms with E-state index in [9.17, 15) is 0 Å². The van der Waals surface area contributed by atoms with Gasteiger partial charge in [-0.3, -0.25) is 4.90 Å². The maximum Gasteiger partial charge on any atom is 0.126 e. The lowest BCUT2D eigenvalue weighted by Crippen LogP contribution is -2.22. The summed E-state index contributed by atoms with van der Waals surface area (Å²) < 4.78 is 0. The molecule has 0 radical (unpaired) electrons. The zero-order valence-corrected chi connectivity index (χ0v) is 9.66. The minimum atomic E-state index is 0.546. The second-order valence-corrected chi connectivity index (χ2v) is 4.81. The smallest absolute Gasteiger partial charge is 0.126 e. The van der Waals surface area contributed by atoms with Crippen molar-refractivity contribution in [2.24, 2.45) is 0 Å². The average Bonchev–Trinajstić information content (AvgIpc) is 2.85. The number of hydrogen-bond donors (Lipinski definition) is 2. The highest BCUT2D eigenvalue weighted by Gasteiger charge is 2.19. The SMILES string of the molecule is CN1Cc2ccc(NC3CCNC3)nc2C1. The number of hydrogen-bond acceptors (Lipinski definition) is 4. The molecule has 2 aliphatic heterocycles. The van der Waals surface area contributed by atoms with E-state index in [2.05, 4.69) is 39.7 Å². The van der Waals surface area contributed by atoms with Crippen LogP contribution in [0, 0.1) is 0 Å². The van der Waals surface area contributed by atoms with Gasteiger partial charge in [0.2, 0.25) is 0 Å². The van der Waals surface area contributed by atoms with E-state index < -0.39 is 0 Å². The number of pyridine rings is 1. The fourth-order valence-electron chi connectivity index (χ4n) is 2.48. The van der Waals surface area contributed by atoms with E-state index in [1.54, 1.807) is 0 Å². The van der Waals surface area contributed by atoms with Gasteiger partial charge in [-0.15, -0.1) is 0 Å². The molecular weight excluding hydrogens is 200 g/mol. The Labute approximate surface area is 96.1 Å². The van der Waals surface area contributed by atoms with Crippen LogP contribution in [0.15, 0.2) is 12.1 Å². The molecule has 2 N–H and O–H groups in total. The fraction of sp³-hybridized carbons (Fsp3) is 0.583. The van der Waals surface area contributed by atoms with Crippen molar-refractivity contribution in [3.63, 3.8) is 0 Å². The zero-order valence-electron chi connectivity index (χ0n) is 9.66. The molecule has 0 saturated carbocycles. The minimum Gasteiger partial charge on any atom is -0.366 e. The van der Waals surface area contributed by atoms with Crippen LogP contribution in [-0.4, -0.2) is 36.1 Å².